The molecule has 0 spiro atoms. The average molecular weight is 503 g/mol. The molecule has 0 aliphatic carbocycles. The lowest BCUT2D eigenvalue weighted by atomic mass is 10.6. The first-order chi connectivity index (χ1) is 12.3. The van der Waals surface area contributed by atoms with Crippen LogP contribution in [0.25, 0.3) is 0 Å². The molecule has 0 aromatic carbocycles. The summed E-state index contributed by atoms with van der Waals surface area (Å²) in [5.41, 5.74) is 0. The molecule has 0 amide bonds. The lowest BCUT2D eigenvalue weighted by Gasteiger charge is -2.39. The van der Waals surface area contributed by atoms with E-state index in [4.69, 9.17) is 25.3 Å². The molecule has 12 heteroatoms. The van der Waals surface area contributed by atoms with Gasteiger partial charge in [-0.2, -0.15) is 0 Å². The highest BCUT2D eigenvalue weighted by Crippen LogP contribution is 2.27. The predicted molar refractivity (Wildman–Crippen MR) is 133 cm³/mol. The van der Waals surface area contributed by atoms with Crippen LogP contribution in [0.3, 0.4) is 0 Å². The second-order valence-electron chi connectivity index (χ2n) is 10.3. The van der Waals surface area contributed by atoms with Crippen LogP contribution in [0, 0.1) is 0 Å². The third-order valence-corrected chi connectivity index (χ3v) is 23.1. The number of hydrogen-bond acceptors (Lipinski definition) is 6. The summed E-state index contributed by atoms with van der Waals surface area (Å²) in [4.78, 5) is 0. The molecule has 0 aromatic rings. The van der Waals surface area contributed by atoms with Crippen molar-refractivity contribution >= 4 is 51.6 Å². The fourth-order valence-corrected chi connectivity index (χ4v) is 23.3. The Morgan fingerprint density at radius 2 is 1.11 bits per heavy atom. The predicted octanol–water partition coefficient (Wildman–Crippen LogP) is 5.10. The Labute approximate surface area is 181 Å². The quantitative estimate of drug-likeness (QED) is 0.308. The molecule has 0 aromatic heterocycles. The van der Waals surface area contributed by atoms with E-state index in [-0.39, 0.29) is 0 Å². The highest BCUT2D eigenvalue weighted by atomic mass is 28.5. The first-order valence-electron chi connectivity index (χ1n) is 10.2. The Morgan fingerprint density at radius 3 is 1.50 bits per heavy atom. The Kier molecular flexibility index (Phi) is 11.5. The highest BCUT2D eigenvalue weighted by molar-refractivity contribution is 6.86. The van der Waals surface area contributed by atoms with Gasteiger partial charge in [-0.3, -0.25) is 0 Å². The van der Waals surface area contributed by atoms with E-state index in [9.17, 15) is 0 Å². The van der Waals surface area contributed by atoms with E-state index in [1.807, 2.05) is 0 Å². The summed E-state index contributed by atoms with van der Waals surface area (Å²) in [6, 6.07) is 1.90. The van der Waals surface area contributed by atoms with Crippen LogP contribution in [0.1, 0.15) is 6.42 Å². The molecular weight excluding hydrogens is 457 g/mol. The molecule has 0 heterocycles. The SMILES string of the molecule is CO[Si](C)(C)O[SiH](CCC[Si](C)(O[Si](C)(C)C)O[Si](C)(C)OC)O[Si](C)(C)C. The Bertz CT molecular complexity index is 466. The summed E-state index contributed by atoms with van der Waals surface area (Å²) in [5.74, 6) is 0. The molecule has 0 N–H and O–H groups in total. The molecule has 170 valence electrons. The molecule has 0 saturated heterocycles. The normalized spacial score (nSPS) is 17.5. The van der Waals surface area contributed by atoms with E-state index >= 15 is 0 Å². The molecule has 0 aliphatic heterocycles. The summed E-state index contributed by atoms with van der Waals surface area (Å²) in [7, 11) is -8.33. The van der Waals surface area contributed by atoms with Crippen molar-refractivity contribution in [2.75, 3.05) is 14.2 Å². The Balaban J connectivity index is 5.17. The van der Waals surface area contributed by atoms with Crippen molar-refractivity contribution in [3.63, 3.8) is 0 Å². The molecule has 0 aliphatic rings. The van der Waals surface area contributed by atoms with Crippen molar-refractivity contribution in [1.82, 2.24) is 0 Å². The summed E-state index contributed by atoms with van der Waals surface area (Å²) in [6.45, 7) is 23.9. The molecule has 0 saturated carbocycles. The van der Waals surface area contributed by atoms with Gasteiger partial charge >= 0.3 is 35.0 Å². The van der Waals surface area contributed by atoms with Gasteiger partial charge in [0.05, 0.1) is 0 Å². The molecular formula is C16H46O6Si6. The maximum atomic E-state index is 6.60. The van der Waals surface area contributed by atoms with E-state index in [2.05, 4.69) is 72.0 Å². The van der Waals surface area contributed by atoms with Gasteiger partial charge in [-0.25, -0.2) is 0 Å². The lowest BCUT2D eigenvalue weighted by molar-refractivity contribution is 0.275. The third-order valence-electron chi connectivity index (χ3n) is 3.94. The Morgan fingerprint density at radius 1 is 0.607 bits per heavy atom. The minimum absolute atomic E-state index is 0.938. The van der Waals surface area contributed by atoms with E-state index < -0.39 is 51.6 Å². The summed E-state index contributed by atoms with van der Waals surface area (Å²) in [5, 5.41) is 0. The molecule has 0 rings (SSSR count). The summed E-state index contributed by atoms with van der Waals surface area (Å²) < 4.78 is 37.3. The number of rotatable bonds is 14. The summed E-state index contributed by atoms with van der Waals surface area (Å²) >= 11 is 0. The zero-order valence-corrected chi connectivity index (χ0v) is 26.8. The van der Waals surface area contributed by atoms with Gasteiger partial charge in [-0.1, -0.05) is 0 Å². The molecule has 0 fully saturated rings. The van der Waals surface area contributed by atoms with Crippen molar-refractivity contribution in [3.8, 4) is 0 Å². The van der Waals surface area contributed by atoms with Gasteiger partial charge in [0, 0.05) is 14.2 Å². The molecule has 0 radical (unpaired) electrons. The second-order valence-corrected chi connectivity index (χ2v) is 32.9. The van der Waals surface area contributed by atoms with E-state index in [1.165, 1.54) is 0 Å². The van der Waals surface area contributed by atoms with E-state index in [0.717, 1.165) is 18.5 Å². The van der Waals surface area contributed by atoms with Gasteiger partial charge in [-0.05, 0) is 90.5 Å². The topological polar surface area (TPSA) is 55.4 Å². The number of hydrogen-bond donors (Lipinski definition) is 0. The first-order valence-corrected chi connectivity index (χ1v) is 26.9. The van der Waals surface area contributed by atoms with Gasteiger partial charge in [0.25, 0.3) is 0 Å². The first kappa shape index (κ1) is 29.1. The molecule has 6 nitrogen and oxygen atoms in total. The van der Waals surface area contributed by atoms with Crippen LogP contribution in [0.5, 0.6) is 0 Å². The minimum Gasteiger partial charge on any atom is -0.439 e. The van der Waals surface area contributed by atoms with Crippen LogP contribution in [-0.4, -0.2) is 65.8 Å². The van der Waals surface area contributed by atoms with Crippen molar-refractivity contribution in [3.05, 3.63) is 0 Å². The largest absolute Gasteiger partial charge is 0.439 e. The smallest absolute Gasteiger partial charge is 0.322 e. The highest BCUT2D eigenvalue weighted by Gasteiger charge is 2.42. The Hall–Kier alpha value is 1.06. The van der Waals surface area contributed by atoms with Crippen molar-refractivity contribution in [2.24, 2.45) is 0 Å². The van der Waals surface area contributed by atoms with E-state index in [0.29, 0.717) is 0 Å². The van der Waals surface area contributed by atoms with Crippen molar-refractivity contribution in [1.29, 1.82) is 0 Å². The van der Waals surface area contributed by atoms with Crippen LogP contribution in [0.15, 0.2) is 0 Å². The van der Waals surface area contributed by atoms with Crippen LogP contribution in [-0.2, 0) is 25.3 Å². The monoisotopic (exact) mass is 502 g/mol. The van der Waals surface area contributed by atoms with E-state index in [1.54, 1.807) is 14.2 Å². The van der Waals surface area contributed by atoms with Crippen LogP contribution in [0.4, 0.5) is 0 Å². The minimum atomic E-state index is -2.33. The van der Waals surface area contributed by atoms with Crippen LogP contribution < -0.4 is 0 Å². The lowest BCUT2D eigenvalue weighted by Crippen LogP contribution is -2.54. The standard InChI is InChI=1S/C16H46O6Si6/c1-17-26(9,10)20-23(19-24(3,4)5)15-14-16-28(13,21-25(6,7)8)22-27(11,12)18-2/h23H,14-16H2,1-13H3. The van der Waals surface area contributed by atoms with Gasteiger partial charge in [0.1, 0.15) is 0 Å². The molecule has 2 atom stereocenters. The summed E-state index contributed by atoms with van der Waals surface area (Å²) in [6.07, 6.45) is 0.997. The fourth-order valence-electron chi connectivity index (χ4n) is 2.82. The van der Waals surface area contributed by atoms with Gasteiger partial charge < -0.3 is 25.3 Å². The van der Waals surface area contributed by atoms with Crippen molar-refractivity contribution in [2.45, 2.75) is 90.5 Å². The molecule has 2 unspecified atom stereocenters. The molecule has 0 bridgehead atoms. The maximum Gasteiger partial charge on any atom is 0.322 e. The van der Waals surface area contributed by atoms with Crippen molar-refractivity contribution < 1.29 is 25.3 Å². The second kappa shape index (κ2) is 11.1. The van der Waals surface area contributed by atoms with Gasteiger partial charge in [0.2, 0.25) is 0 Å². The maximum absolute atomic E-state index is 6.60. The van der Waals surface area contributed by atoms with Gasteiger partial charge in [0.15, 0.2) is 16.6 Å². The van der Waals surface area contributed by atoms with Gasteiger partial charge in [-0.15, -0.1) is 0 Å². The van der Waals surface area contributed by atoms with Crippen LogP contribution >= 0.6 is 0 Å². The average Bonchev–Trinajstić information content (AvgIpc) is 2.42. The van der Waals surface area contributed by atoms with Crippen LogP contribution in [0.2, 0.25) is 84.1 Å². The fraction of sp³-hybridized carbons (Fsp3) is 1.00. The third kappa shape index (κ3) is 14.1. The zero-order valence-electron chi connectivity index (χ0n) is 20.6. The molecule has 28 heavy (non-hydrogen) atoms. The zero-order chi connectivity index (χ0) is 22.4.